The van der Waals surface area contributed by atoms with E-state index in [-0.39, 0.29) is 0 Å². The molecule has 2 aromatic carbocycles. The van der Waals surface area contributed by atoms with E-state index in [1.165, 1.54) is 16.8 Å². The van der Waals surface area contributed by atoms with Gasteiger partial charge in [0.1, 0.15) is 6.54 Å². The van der Waals surface area contributed by atoms with Crippen LogP contribution in [0.2, 0.25) is 0 Å². The summed E-state index contributed by atoms with van der Waals surface area (Å²) in [5.74, 6) is 0. The molecule has 4 heteroatoms. The van der Waals surface area contributed by atoms with Gasteiger partial charge in [-0.15, -0.1) is 0 Å². The Morgan fingerprint density at radius 1 is 0.962 bits per heavy atom. The highest BCUT2D eigenvalue weighted by atomic mass is 15.5. The summed E-state index contributed by atoms with van der Waals surface area (Å²) in [5, 5.41) is 6.89. The van der Waals surface area contributed by atoms with E-state index in [1.54, 1.807) is 4.90 Å². The number of rotatable bonds is 7. The standard InChI is InChI=1S/C22H30N4/c1-3-25(4-2)22-12-10-20(11-13-22)18-23-26-16-14-24(15-17-26)19-21-8-6-5-7-9-21/h5-13,18H,3-4,14-17,19H2,1-2H3/p+1/b23-18-. The number of piperazine rings is 1. The summed E-state index contributed by atoms with van der Waals surface area (Å²) in [7, 11) is 0. The lowest BCUT2D eigenvalue weighted by atomic mass is 10.2. The van der Waals surface area contributed by atoms with Crippen LogP contribution in [0.25, 0.3) is 0 Å². The minimum Gasteiger partial charge on any atom is -0.372 e. The molecule has 4 nitrogen and oxygen atoms in total. The molecule has 1 aliphatic heterocycles. The Morgan fingerprint density at radius 2 is 1.62 bits per heavy atom. The van der Waals surface area contributed by atoms with Gasteiger partial charge in [0, 0.05) is 24.3 Å². The van der Waals surface area contributed by atoms with Crippen LogP contribution in [0.4, 0.5) is 5.69 Å². The van der Waals surface area contributed by atoms with Gasteiger partial charge in [0.2, 0.25) is 0 Å². The van der Waals surface area contributed by atoms with Crippen LogP contribution in [0.1, 0.15) is 25.0 Å². The van der Waals surface area contributed by atoms with Crippen LogP contribution in [0.5, 0.6) is 0 Å². The molecule has 0 aliphatic carbocycles. The molecular formula is C22H31N4+. The molecule has 1 aliphatic rings. The Balaban J connectivity index is 1.48. The summed E-state index contributed by atoms with van der Waals surface area (Å²) in [4.78, 5) is 4.00. The summed E-state index contributed by atoms with van der Waals surface area (Å²) in [6.45, 7) is 11.9. The molecule has 1 saturated heterocycles. The smallest absolute Gasteiger partial charge is 0.103 e. The zero-order chi connectivity index (χ0) is 18.2. The Hall–Kier alpha value is -2.33. The molecular weight excluding hydrogens is 320 g/mol. The average molecular weight is 352 g/mol. The monoisotopic (exact) mass is 351 g/mol. The zero-order valence-corrected chi connectivity index (χ0v) is 16.1. The van der Waals surface area contributed by atoms with Crippen LogP contribution in [0.3, 0.4) is 0 Å². The molecule has 0 bridgehead atoms. The lowest BCUT2D eigenvalue weighted by Crippen LogP contribution is -3.13. The first-order valence-corrected chi connectivity index (χ1v) is 9.80. The van der Waals surface area contributed by atoms with Gasteiger partial charge in [-0.25, -0.2) is 0 Å². The summed E-state index contributed by atoms with van der Waals surface area (Å²) >= 11 is 0. The lowest BCUT2D eigenvalue weighted by Gasteiger charge is -2.30. The molecule has 138 valence electrons. The van der Waals surface area contributed by atoms with Gasteiger partial charge in [0.15, 0.2) is 0 Å². The first-order valence-electron chi connectivity index (χ1n) is 9.80. The molecule has 0 radical (unpaired) electrons. The molecule has 1 N–H and O–H groups in total. The largest absolute Gasteiger partial charge is 0.372 e. The van der Waals surface area contributed by atoms with Crippen LogP contribution in [-0.2, 0) is 6.54 Å². The second-order valence-electron chi connectivity index (χ2n) is 6.87. The maximum Gasteiger partial charge on any atom is 0.103 e. The van der Waals surface area contributed by atoms with Crippen LogP contribution < -0.4 is 9.80 Å². The van der Waals surface area contributed by atoms with E-state index in [9.17, 15) is 0 Å². The number of nitrogens with zero attached hydrogens (tertiary/aromatic N) is 3. The van der Waals surface area contributed by atoms with Gasteiger partial charge in [-0.1, -0.05) is 42.5 Å². The Labute approximate surface area is 157 Å². The molecule has 3 rings (SSSR count). The number of hydrazone groups is 1. The van der Waals surface area contributed by atoms with Crippen molar-refractivity contribution in [1.29, 1.82) is 0 Å². The zero-order valence-electron chi connectivity index (χ0n) is 16.1. The normalized spacial score (nSPS) is 15.5. The van der Waals surface area contributed by atoms with E-state index >= 15 is 0 Å². The predicted molar refractivity (Wildman–Crippen MR) is 110 cm³/mol. The SMILES string of the molecule is CCN(CC)c1ccc(/C=N\N2CC[NH+](Cc3ccccc3)CC2)cc1. The highest BCUT2D eigenvalue weighted by molar-refractivity contribution is 5.80. The minimum absolute atomic E-state index is 1.02. The van der Waals surface area contributed by atoms with E-state index in [1.807, 2.05) is 6.21 Å². The number of hydrogen-bond acceptors (Lipinski definition) is 3. The highest BCUT2D eigenvalue weighted by Gasteiger charge is 2.18. The summed E-state index contributed by atoms with van der Waals surface area (Å²) in [5.41, 5.74) is 3.87. The molecule has 0 saturated carbocycles. The quantitative estimate of drug-likeness (QED) is 0.774. The predicted octanol–water partition coefficient (Wildman–Crippen LogP) is 2.27. The van der Waals surface area contributed by atoms with E-state index in [0.717, 1.165) is 45.8 Å². The Bertz CT molecular complexity index is 669. The second-order valence-corrected chi connectivity index (χ2v) is 6.87. The molecule has 1 fully saturated rings. The average Bonchev–Trinajstić information content (AvgIpc) is 2.70. The van der Waals surface area contributed by atoms with Crippen molar-refractivity contribution in [2.75, 3.05) is 44.2 Å². The van der Waals surface area contributed by atoms with Crippen LogP contribution >= 0.6 is 0 Å². The number of anilines is 1. The molecule has 26 heavy (non-hydrogen) atoms. The van der Waals surface area contributed by atoms with E-state index < -0.39 is 0 Å². The van der Waals surface area contributed by atoms with Crippen molar-refractivity contribution in [2.45, 2.75) is 20.4 Å². The van der Waals surface area contributed by atoms with Gasteiger partial charge in [0.05, 0.1) is 32.4 Å². The lowest BCUT2D eigenvalue weighted by molar-refractivity contribution is -0.918. The van der Waals surface area contributed by atoms with Gasteiger partial charge >= 0.3 is 0 Å². The minimum atomic E-state index is 1.02. The van der Waals surface area contributed by atoms with E-state index in [0.29, 0.717) is 0 Å². The Kier molecular flexibility index (Phi) is 6.67. The first kappa shape index (κ1) is 18.5. The van der Waals surface area contributed by atoms with Crippen LogP contribution in [-0.4, -0.2) is 50.5 Å². The number of quaternary nitrogens is 1. The van der Waals surface area contributed by atoms with Crippen LogP contribution in [0, 0.1) is 0 Å². The fourth-order valence-electron chi connectivity index (χ4n) is 3.50. The topological polar surface area (TPSA) is 23.3 Å². The van der Waals surface area contributed by atoms with Gasteiger partial charge in [0.25, 0.3) is 0 Å². The van der Waals surface area contributed by atoms with Crippen molar-refractivity contribution >= 4 is 11.9 Å². The molecule has 0 unspecified atom stereocenters. The maximum absolute atomic E-state index is 4.69. The second kappa shape index (κ2) is 9.39. The van der Waals surface area contributed by atoms with Gasteiger partial charge < -0.3 is 9.80 Å². The summed E-state index contributed by atoms with van der Waals surface area (Å²) < 4.78 is 0. The molecule has 0 aromatic heterocycles. The molecule has 2 aromatic rings. The van der Waals surface area contributed by atoms with Crippen molar-refractivity contribution in [3.63, 3.8) is 0 Å². The van der Waals surface area contributed by atoms with Gasteiger partial charge in [-0.2, -0.15) is 5.10 Å². The third-order valence-electron chi connectivity index (χ3n) is 5.14. The van der Waals surface area contributed by atoms with Crippen molar-refractivity contribution < 1.29 is 4.90 Å². The first-order chi connectivity index (χ1) is 12.8. The summed E-state index contributed by atoms with van der Waals surface area (Å²) in [6.07, 6.45) is 1.99. The fourth-order valence-corrected chi connectivity index (χ4v) is 3.50. The number of hydrogen-bond donors (Lipinski definition) is 1. The molecule has 0 atom stereocenters. The maximum atomic E-state index is 4.69. The third-order valence-corrected chi connectivity index (χ3v) is 5.14. The number of benzene rings is 2. The molecule has 1 heterocycles. The molecule has 0 amide bonds. The Morgan fingerprint density at radius 3 is 2.23 bits per heavy atom. The highest BCUT2D eigenvalue weighted by Crippen LogP contribution is 2.14. The van der Waals surface area contributed by atoms with Crippen molar-refractivity contribution in [3.05, 3.63) is 65.7 Å². The van der Waals surface area contributed by atoms with Crippen molar-refractivity contribution in [2.24, 2.45) is 5.10 Å². The van der Waals surface area contributed by atoms with Gasteiger partial charge in [-0.3, -0.25) is 5.01 Å². The van der Waals surface area contributed by atoms with Crippen LogP contribution in [0.15, 0.2) is 59.7 Å². The van der Waals surface area contributed by atoms with E-state index in [2.05, 4.69) is 78.4 Å². The molecule has 0 spiro atoms. The van der Waals surface area contributed by atoms with Crippen molar-refractivity contribution in [3.8, 4) is 0 Å². The fraction of sp³-hybridized carbons (Fsp3) is 0.409. The summed E-state index contributed by atoms with van der Waals surface area (Å²) in [6, 6.07) is 19.5. The third kappa shape index (κ3) is 5.09. The van der Waals surface area contributed by atoms with E-state index in [4.69, 9.17) is 5.10 Å². The number of nitrogens with one attached hydrogen (secondary N) is 1. The van der Waals surface area contributed by atoms with Crippen molar-refractivity contribution in [1.82, 2.24) is 5.01 Å². The van der Waals surface area contributed by atoms with Gasteiger partial charge in [-0.05, 0) is 31.5 Å².